The molecular formula is C11H22ClN. The maximum atomic E-state index is 5.83. The molecule has 78 valence electrons. The van der Waals surface area contributed by atoms with Crippen molar-refractivity contribution in [2.24, 2.45) is 5.92 Å². The van der Waals surface area contributed by atoms with Gasteiger partial charge in [0.1, 0.15) is 0 Å². The highest BCUT2D eigenvalue weighted by Gasteiger charge is 2.28. The van der Waals surface area contributed by atoms with Crippen LogP contribution in [0.3, 0.4) is 0 Å². The molecule has 0 bridgehead atoms. The van der Waals surface area contributed by atoms with Crippen LogP contribution in [0.4, 0.5) is 0 Å². The summed E-state index contributed by atoms with van der Waals surface area (Å²) in [5.74, 6) is 1.45. The Bertz CT molecular complexity index is 134. The Balaban J connectivity index is 2.20. The Kier molecular flexibility index (Phi) is 5.12. The summed E-state index contributed by atoms with van der Waals surface area (Å²) >= 11 is 5.83. The van der Waals surface area contributed by atoms with Crippen molar-refractivity contribution < 1.29 is 0 Å². The molecular weight excluding hydrogens is 182 g/mol. The summed E-state index contributed by atoms with van der Waals surface area (Å²) < 4.78 is 0. The minimum absolute atomic E-state index is 0.652. The fourth-order valence-corrected chi connectivity index (χ4v) is 1.77. The van der Waals surface area contributed by atoms with Gasteiger partial charge in [-0.2, -0.15) is 0 Å². The van der Waals surface area contributed by atoms with Crippen molar-refractivity contribution in [3.8, 4) is 0 Å². The number of nitrogens with zero attached hydrogens (tertiary/aromatic N) is 1. The highest BCUT2D eigenvalue weighted by atomic mass is 35.5. The molecule has 2 heteroatoms. The second-order valence-corrected chi connectivity index (χ2v) is 4.65. The van der Waals surface area contributed by atoms with Gasteiger partial charge in [-0.05, 0) is 31.7 Å². The highest BCUT2D eigenvalue weighted by Crippen LogP contribution is 2.27. The van der Waals surface area contributed by atoms with E-state index in [-0.39, 0.29) is 0 Å². The standard InChI is InChI=1S/C11H22ClN/c1-3-4-7-13(11-5-6-11)9-10(2)8-12/h10-11H,3-9H2,1-2H3. The molecule has 1 saturated carbocycles. The SMILES string of the molecule is CCCCN(CC(C)CCl)C1CC1. The third-order valence-corrected chi connectivity index (χ3v) is 3.20. The molecule has 1 rings (SSSR count). The van der Waals surface area contributed by atoms with Gasteiger partial charge in [0, 0.05) is 18.5 Å². The van der Waals surface area contributed by atoms with Crippen molar-refractivity contribution in [2.75, 3.05) is 19.0 Å². The molecule has 0 N–H and O–H groups in total. The van der Waals surface area contributed by atoms with E-state index in [1.165, 1.54) is 38.8 Å². The molecule has 0 saturated heterocycles. The lowest BCUT2D eigenvalue weighted by atomic mass is 10.2. The van der Waals surface area contributed by atoms with Gasteiger partial charge in [0.05, 0.1) is 0 Å². The Morgan fingerprint density at radius 2 is 2.15 bits per heavy atom. The van der Waals surface area contributed by atoms with Gasteiger partial charge < -0.3 is 4.90 Å². The van der Waals surface area contributed by atoms with Crippen LogP contribution in [0.5, 0.6) is 0 Å². The van der Waals surface area contributed by atoms with Gasteiger partial charge in [-0.25, -0.2) is 0 Å². The van der Waals surface area contributed by atoms with E-state index < -0.39 is 0 Å². The average Bonchev–Trinajstić information content (AvgIpc) is 2.94. The topological polar surface area (TPSA) is 3.24 Å². The summed E-state index contributed by atoms with van der Waals surface area (Å²) in [4.78, 5) is 2.64. The number of halogens is 1. The van der Waals surface area contributed by atoms with E-state index >= 15 is 0 Å². The zero-order valence-electron chi connectivity index (χ0n) is 8.93. The normalized spacial score (nSPS) is 19.4. The van der Waals surface area contributed by atoms with Gasteiger partial charge in [-0.1, -0.05) is 20.3 Å². The summed E-state index contributed by atoms with van der Waals surface area (Å²) in [6.45, 7) is 6.99. The van der Waals surface area contributed by atoms with Gasteiger partial charge in [0.25, 0.3) is 0 Å². The number of rotatable bonds is 7. The molecule has 0 heterocycles. The molecule has 1 atom stereocenters. The predicted octanol–water partition coefficient (Wildman–Crippen LogP) is 3.13. The minimum Gasteiger partial charge on any atom is -0.300 e. The van der Waals surface area contributed by atoms with Crippen LogP contribution >= 0.6 is 11.6 Å². The molecule has 0 spiro atoms. The van der Waals surface area contributed by atoms with Gasteiger partial charge in [0.15, 0.2) is 0 Å². The van der Waals surface area contributed by atoms with Gasteiger partial charge >= 0.3 is 0 Å². The van der Waals surface area contributed by atoms with Crippen LogP contribution in [0.1, 0.15) is 39.5 Å². The maximum Gasteiger partial charge on any atom is 0.0261 e. The summed E-state index contributed by atoms with van der Waals surface area (Å²) in [7, 11) is 0. The smallest absolute Gasteiger partial charge is 0.0261 e. The van der Waals surface area contributed by atoms with Crippen LogP contribution in [0.2, 0.25) is 0 Å². The van der Waals surface area contributed by atoms with E-state index in [9.17, 15) is 0 Å². The fraction of sp³-hybridized carbons (Fsp3) is 1.00. The van der Waals surface area contributed by atoms with E-state index in [2.05, 4.69) is 18.7 Å². The van der Waals surface area contributed by atoms with E-state index in [1.54, 1.807) is 0 Å². The minimum atomic E-state index is 0.652. The number of hydrogen-bond acceptors (Lipinski definition) is 1. The Labute approximate surface area is 87.4 Å². The van der Waals surface area contributed by atoms with Gasteiger partial charge in [-0.3, -0.25) is 0 Å². The number of alkyl halides is 1. The third-order valence-electron chi connectivity index (χ3n) is 2.67. The van der Waals surface area contributed by atoms with Crippen molar-refractivity contribution in [1.29, 1.82) is 0 Å². The number of unbranched alkanes of at least 4 members (excludes halogenated alkanes) is 1. The van der Waals surface area contributed by atoms with Crippen LogP contribution in [-0.4, -0.2) is 29.9 Å². The molecule has 0 aliphatic heterocycles. The Hall–Kier alpha value is 0.250. The first-order valence-electron chi connectivity index (χ1n) is 5.58. The first kappa shape index (κ1) is 11.3. The van der Waals surface area contributed by atoms with Crippen molar-refractivity contribution in [1.82, 2.24) is 4.90 Å². The Morgan fingerprint density at radius 3 is 2.62 bits per heavy atom. The summed E-state index contributed by atoms with van der Waals surface area (Å²) in [6.07, 6.45) is 5.47. The van der Waals surface area contributed by atoms with E-state index in [1.807, 2.05) is 0 Å². The molecule has 0 aromatic rings. The molecule has 0 aromatic heterocycles. The van der Waals surface area contributed by atoms with E-state index in [0.29, 0.717) is 5.92 Å². The van der Waals surface area contributed by atoms with Gasteiger partial charge in [0.2, 0.25) is 0 Å². The summed E-state index contributed by atoms with van der Waals surface area (Å²) in [6, 6.07) is 0.900. The first-order valence-corrected chi connectivity index (χ1v) is 6.11. The maximum absolute atomic E-state index is 5.83. The molecule has 0 aromatic carbocycles. The Morgan fingerprint density at radius 1 is 1.46 bits per heavy atom. The monoisotopic (exact) mass is 203 g/mol. The van der Waals surface area contributed by atoms with Crippen molar-refractivity contribution in [3.05, 3.63) is 0 Å². The van der Waals surface area contributed by atoms with Crippen LogP contribution < -0.4 is 0 Å². The largest absolute Gasteiger partial charge is 0.300 e. The fourth-order valence-electron chi connectivity index (χ4n) is 1.67. The number of hydrogen-bond donors (Lipinski definition) is 0. The van der Waals surface area contributed by atoms with Crippen LogP contribution in [0.15, 0.2) is 0 Å². The van der Waals surface area contributed by atoms with Crippen molar-refractivity contribution >= 4 is 11.6 Å². The highest BCUT2D eigenvalue weighted by molar-refractivity contribution is 6.18. The lowest BCUT2D eigenvalue weighted by Gasteiger charge is -2.24. The molecule has 1 nitrogen and oxygen atoms in total. The zero-order valence-corrected chi connectivity index (χ0v) is 9.69. The van der Waals surface area contributed by atoms with Crippen LogP contribution in [0.25, 0.3) is 0 Å². The lowest BCUT2D eigenvalue weighted by Crippen LogP contribution is -2.32. The second-order valence-electron chi connectivity index (χ2n) is 4.34. The molecule has 0 radical (unpaired) electrons. The predicted molar refractivity (Wildman–Crippen MR) is 59.4 cm³/mol. The van der Waals surface area contributed by atoms with Crippen molar-refractivity contribution in [3.63, 3.8) is 0 Å². The molecule has 1 fully saturated rings. The molecule has 1 unspecified atom stereocenters. The lowest BCUT2D eigenvalue weighted by molar-refractivity contribution is 0.232. The molecule has 13 heavy (non-hydrogen) atoms. The third kappa shape index (κ3) is 4.33. The zero-order chi connectivity index (χ0) is 9.68. The van der Waals surface area contributed by atoms with E-state index in [0.717, 1.165) is 11.9 Å². The van der Waals surface area contributed by atoms with Crippen LogP contribution in [-0.2, 0) is 0 Å². The summed E-state index contributed by atoms with van der Waals surface area (Å²) in [5, 5.41) is 0. The second kappa shape index (κ2) is 5.87. The quantitative estimate of drug-likeness (QED) is 0.575. The summed E-state index contributed by atoms with van der Waals surface area (Å²) in [5.41, 5.74) is 0. The van der Waals surface area contributed by atoms with E-state index in [4.69, 9.17) is 11.6 Å². The van der Waals surface area contributed by atoms with Crippen molar-refractivity contribution in [2.45, 2.75) is 45.6 Å². The van der Waals surface area contributed by atoms with Crippen LogP contribution in [0, 0.1) is 5.92 Å². The molecule has 0 amide bonds. The molecule has 1 aliphatic carbocycles. The van der Waals surface area contributed by atoms with Gasteiger partial charge in [-0.15, -0.1) is 11.6 Å². The average molecular weight is 204 g/mol. The first-order chi connectivity index (χ1) is 6.27. The molecule has 1 aliphatic rings.